The number of amides is 2. The molecular formula is C27H33ClFN3O2. The van der Waals surface area contributed by atoms with Crippen molar-refractivity contribution in [3.63, 3.8) is 0 Å². The normalized spacial score (nSPS) is 21.4. The van der Waals surface area contributed by atoms with Gasteiger partial charge in [-0.2, -0.15) is 0 Å². The number of halogens is 2. The minimum atomic E-state index is -0.569. The third-order valence-corrected chi connectivity index (χ3v) is 7.26. The maximum Gasteiger partial charge on any atom is 0.258 e. The van der Waals surface area contributed by atoms with Crippen molar-refractivity contribution in [3.05, 3.63) is 70.5 Å². The van der Waals surface area contributed by atoms with Gasteiger partial charge in [0.2, 0.25) is 5.91 Å². The van der Waals surface area contributed by atoms with Crippen molar-refractivity contribution in [1.29, 1.82) is 0 Å². The molecule has 2 aromatic carbocycles. The van der Waals surface area contributed by atoms with Crippen LogP contribution in [0.2, 0.25) is 5.02 Å². The Labute approximate surface area is 206 Å². The van der Waals surface area contributed by atoms with Crippen LogP contribution >= 0.6 is 11.6 Å². The van der Waals surface area contributed by atoms with Gasteiger partial charge in [-0.15, -0.1) is 0 Å². The van der Waals surface area contributed by atoms with Crippen LogP contribution in [0.1, 0.15) is 49.2 Å². The second kappa shape index (κ2) is 10.0. The highest BCUT2D eigenvalue weighted by atomic mass is 35.5. The summed E-state index contributed by atoms with van der Waals surface area (Å²) in [4.78, 5) is 29.7. The van der Waals surface area contributed by atoms with E-state index in [0.717, 1.165) is 31.6 Å². The summed E-state index contributed by atoms with van der Waals surface area (Å²) in [5.41, 5.74) is 0.633. The molecule has 2 fully saturated rings. The Kier molecular flexibility index (Phi) is 7.29. The van der Waals surface area contributed by atoms with E-state index in [1.54, 1.807) is 11.0 Å². The number of benzene rings is 2. The third-order valence-electron chi connectivity index (χ3n) is 6.95. The van der Waals surface area contributed by atoms with Crippen molar-refractivity contribution < 1.29 is 14.0 Å². The summed E-state index contributed by atoms with van der Waals surface area (Å²) < 4.78 is 14.2. The number of nitrogens with one attached hydrogen (secondary N) is 1. The monoisotopic (exact) mass is 485 g/mol. The Balaban J connectivity index is 1.34. The molecule has 0 aliphatic carbocycles. The third kappa shape index (κ3) is 5.44. The van der Waals surface area contributed by atoms with Crippen molar-refractivity contribution in [2.45, 2.75) is 33.2 Å². The quantitative estimate of drug-likeness (QED) is 0.640. The van der Waals surface area contributed by atoms with Crippen molar-refractivity contribution in [3.8, 4) is 0 Å². The number of hydrogen-bond acceptors (Lipinski definition) is 3. The first-order valence-corrected chi connectivity index (χ1v) is 12.3. The van der Waals surface area contributed by atoms with Gasteiger partial charge < -0.3 is 15.1 Å². The number of hydrogen-bond donors (Lipinski definition) is 1. The largest absolute Gasteiger partial charge is 0.349 e. The summed E-state index contributed by atoms with van der Waals surface area (Å²) in [6.07, 6.45) is 0.818. The number of rotatable bonds is 6. The predicted octanol–water partition coefficient (Wildman–Crippen LogP) is 4.78. The standard InChI is InChI=1S/C27H33ClFN3O2/c1-27(2,3)26(34)30-23(18-8-5-4-6-9-18)12-13-31-14-19-16-32(17-20(19)15-31)25(33)24-21(28)10-7-11-22(24)29/h4-11,19-20,23H,12-17H2,1-3H3,(H,30,34)/t19?,20?,23-/m0/s1. The van der Waals surface area contributed by atoms with Crippen LogP contribution in [-0.4, -0.2) is 54.3 Å². The van der Waals surface area contributed by atoms with E-state index in [9.17, 15) is 14.0 Å². The lowest BCUT2D eigenvalue weighted by Gasteiger charge is -2.27. The first-order chi connectivity index (χ1) is 16.1. The molecule has 3 atom stereocenters. The molecule has 2 heterocycles. The van der Waals surface area contributed by atoms with E-state index in [0.29, 0.717) is 24.9 Å². The first-order valence-electron chi connectivity index (χ1n) is 11.9. The van der Waals surface area contributed by atoms with Gasteiger partial charge in [-0.3, -0.25) is 9.59 Å². The van der Waals surface area contributed by atoms with E-state index in [1.165, 1.54) is 12.1 Å². The molecule has 0 radical (unpaired) electrons. The van der Waals surface area contributed by atoms with Gasteiger partial charge in [0.1, 0.15) is 5.82 Å². The zero-order chi connectivity index (χ0) is 24.5. The summed E-state index contributed by atoms with van der Waals surface area (Å²) in [6, 6.07) is 14.4. The minimum absolute atomic E-state index is 0.0266. The Morgan fingerprint density at radius 1 is 1.03 bits per heavy atom. The molecule has 2 aliphatic heterocycles. The van der Waals surface area contributed by atoms with Gasteiger partial charge in [-0.1, -0.05) is 68.8 Å². The maximum absolute atomic E-state index is 14.2. The van der Waals surface area contributed by atoms with E-state index in [1.807, 2.05) is 39.0 Å². The fourth-order valence-electron chi connectivity index (χ4n) is 4.99. The van der Waals surface area contributed by atoms with Crippen LogP contribution in [0, 0.1) is 23.1 Å². The SMILES string of the molecule is CC(C)(C)C(=O)N[C@@H](CCN1CC2CN(C(=O)c3c(F)cccc3Cl)CC2C1)c1ccccc1. The summed E-state index contributed by atoms with van der Waals surface area (Å²) in [6.45, 7) is 9.67. The number of nitrogens with zero attached hydrogens (tertiary/aromatic N) is 2. The van der Waals surface area contributed by atoms with Gasteiger partial charge in [0.15, 0.2) is 0 Å². The average molecular weight is 486 g/mol. The van der Waals surface area contributed by atoms with Crippen LogP contribution in [0.25, 0.3) is 0 Å². The fraction of sp³-hybridized carbons (Fsp3) is 0.481. The summed E-state index contributed by atoms with van der Waals surface area (Å²) >= 11 is 6.11. The Bertz CT molecular complexity index is 1010. The molecule has 0 spiro atoms. The lowest BCUT2D eigenvalue weighted by molar-refractivity contribution is -0.129. The molecule has 182 valence electrons. The van der Waals surface area contributed by atoms with Crippen molar-refractivity contribution in [2.24, 2.45) is 17.3 Å². The van der Waals surface area contributed by atoms with Crippen LogP contribution in [-0.2, 0) is 4.79 Å². The highest BCUT2D eigenvalue weighted by molar-refractivity contribution is 6.33. The number of likely N-dealkylation sites (tertiary alicyclic amines) is 2. The molecule has 0 aromatic heterocycles. The Morgan fingerprint density at radius 2 is 1.68 bits per heavy atom. The summed E-state index contributed by atoms with van der Waals surface area (Å²) in [7, 11) is 0. The smallest absolute Gasteiger partial charge is 0.258 e. The molecule has 5 nitrogen and oxygen atoms in total. The molecular weight excluding hydrogens is 453 g/mol. The minimum Gasteiger partial charge on any atom is -0.349 e. The van der Waals surface area contributed by atoms with Crippen LogP contribution in [0.15, 0.2) is 48.5 Å². The zero-order valence-corrected chi connectivity index (χ0v) is 20.8. The van der Waals surface area contributed by atoms with Crippen molar-refractivity contribution in [2.75, 3.05) is 32.7 Å². The van der Waals surface area contributed by atoms with Gasteiger partial charge in [0.05, 0.1) is 16.6 Å². The second-order valence-electron chi connectivity index (χ2n) is 10.6. The first kappa shape index (κ1) is 24.7. The van der Waals surface area contributed by atoms with Crippen LogP contribution in [0.3, 0.4) is 0 Å². The van der Waals surface area contributed by atoms with Gasteiger partial charge in [-0.25, -0.2) is 4.39 Å². The highest BCUT2D eigenvalue weighted by Crippen LogP contribution is 2.34. The van der Waals surface area contributed by atoms with Crippen LogP contribution < -0.4 is 5.32 Å². The van der Waals surface area contributed by atoms with E-state index in [-0.39, 0.29) is 28.4 Å². The Hall–Kier alpha value is -2.44. The summed E-state index contributed by atoms with van der Waals surface area (Å²) in [5.74, 6) is -0.109. The van der Waals surface area contributed by atoms with E-state index < -0.39 is 11.2 Å². The van der Waals surface area contributed by atoms with Crippen LogP contribution in [0.5, 0.6) is 0 Å². The number of fused-ring (bicyclic) bond motifs is 1. The van der Waals surface area contributed by atoms with Gasteiger partial charge in [0.25, 0.3) is 5.91 Å². The summed E-state index contributed by atoms with van der Waals surface area (Å²) in [5, 5.41) is 3.39. The highest BCUT2D eigenvalue weighted by Gasteiger charge is 2.42. The molecule has 2 amide bonds. The number of carbonyl (C=O) groups excluding carboxylic acids is 2. The van der Waals surface area contributed by atoms with Crippen molar-refractivity contribution in [1.82, 2.24) is 15.1 Å². The molecule has 1 N–H and O–H groups in total. The lowest BCUT2D eigenvalue weighted by atomic mass is 9.94. The van der Waals surface area contributed by atoms with Gasteiger partial charge in [0, 0.05) is 38.1 Å². The van der Waals surface area contributed by atoms with E-state index >= 15 is 0 Å². The van der Waals surface area contributed by atoms with Crippen molar-refractivity contribution >= 4 is 23.4 Å². The molecule has 0 bridgehead atoms. The maximum atomic E-state index is 14.2. The number of carbonyl (C=O) groups is 2. The predicted molar refractivity (Wildman–Crippen MR) is 132 cm³/mol. The molecule has 7 heteroatoms. The topological polar surface area (TPSA) is 52.7 Å². The molecule has 2 saturated heterocycles. The zero-order valence-electron chi connectivity index (χ0n) is 20.1. The van der Waals surface area contributed by atoms with E-state index in [2.05, 4.69) is 22.3 Å². The fourth-order valence-corrected chi connectivity index (χ4v) is 5.24. The lowest BCUT2D eigenvalue weighted by Crippen LogP contribution is -2.39. The van der Waals surface area contributed by atoms with Crippen LogP contribution in [0.4, 0.5) is 4.39 Å². The molecule has 2 aromatic rings. The molecule has 34 heavy (non-hydrogen) atoms. The second-order valence-corrected chi connectivity index (χ2v) is 11.0. The molecule has 0 saturated carbocycles. The molecule has 4 rings (SSSR count). The van der Waals surface area contributed by atoms with E-state index in [4.69, 9.17) is 11.6 Å². The molecule has 2 aliphatic rings. The average Bonchev–Trinajstić information content (AvgIpc) is 3.35. The Morgan fingerprint density at radius 3 is 2.26 bits per heavy atom. The van der Waals surface area contributed by atoms with Gasteiger partial charge >= 0.3 is 0 Å². The molecule has 2 unspecified atom stereocenters. The van der Waals surface area contributed by atoms with Gasteiger partial charge in [-0.05, 0) is 36.0 Å².